The molecule has 0 spiro atoms. The molecule has 0 aliphatic carbocycles. The second kappa shape index (κ2) is 2.97. The number of rotatable bonds is 1. The fraction of sp³-hybridized carbons (Fsp3) is 0.286. The molecule has 1 aromatic heterocycles. The van der Waals surface area contributed by atoms with Crippen LogP contribution in [0, 0.1) is 0 Å². The van der Waals surface area contributed by atoms with E-state index in [-0.39, 0.29) is 16.0 Å². The van der Waals surface area contributed by atoms with Gasteiger partial charge in [-0.05, 0) is 28.1 Å². The van der Waals surface area contributed by atoms with Gasteiger partial charge in [0.25, 0.3) is 5.92 Å². The van der Waals surface area contributed by atoms with E-state index in [2.05, 4.69) is 20.9 Å². The first-order valence-corrected chi connectivity index (χ1v) is 4.01. The summed E-state index contributed by atoms with van der Waals surface area (Å²) < 4.78 is 25.6. The van der Waals surface area contributed by atoms with Gasteiger partial charge in [-0.15, -0.1) is 0 Å². The number of pyridine rings is 1. The van der Waals surface area contributed by atoms with Gasteiger partial charge in [0.15, 0.2) is 0 Å². The standard InChI is InChI=1S/C7H7BrF2N2/c1-7(9,10)4-2-3-5(11)12-6(4)8/h2-3H,1H3,(H2,11,12). The van der Waals surface area contributed by atoms with Crippen LogP contribution in [0.2, 0.25) is 0 Å². The molecular weight excluding hydrogens is 230 g/mol. The molecule has 1 aromatic rings. The third-order valence-electron chi connectivity index (χ3n) is 1.34. The Labute approximate surface area is 76.9 Å². The highest BCUT2D eigenvalue weighted by atomic mass is 79.9. The molecule has 0 aromatic carbocycles. The number of nitrogen functional groups attached to an aromatic ring is 1. The highest BCUT2D eigenvalue weighted by molar-refractivity contribution is 9.10. The highest BCUT2D eigenvalue weighted by Crippen LogP contribution is 2.32. The molecule has 0 radical (unpaired) electrons. The van der Waals surface area contributed by atoms with Gasteiger partial charge in [0.05, 0.1) is 5.56 Å². The van der Waals surface area contributed by atoms with Gasteiger partial charge in [0.1, 0.15) is 10.4 Å². The molecule has 0 bridgehead atoms. The minimum atomic E-state index is -2.89. The van der Waals surface area contributed by atoms with Crippen molar-refractivity contribution in [1.82, 2.24) is 4.98 Å². The number of alkyl halides is 2. The number of hydrogen-bond donors (Lipinski definition) is 1. The molecule has 0 saturated heterocycles. The zero-order valence-electron chi connectivity index (χ0n) is 6.31. The van der Waals surface area contributed by atoms with E-state index in [0.717, 1.165) is 6.92 Å². The number of halogens is 3. The summed E-state index contributed by atoms with van der Waals surface area (Å²) in [5.41, 5.74) is 5.13. The van der Waals surface area contributed by atoms with Crippen molar-refractivity contribution in [3.05, 3.63) is 22.3 Å². The molecule has 0 unspecified atom stereocenters. The van der Waals surface area contributed by atoms with Crippen LogP contribution in [0.3, 0.4) is 0 Å². The summed E-state index contributed by atoms with van der Waals surface area (Å²) in [5, 5.41) is 0. The Balaban J connectivity index is 3.19. The van der Waals surface area contributed by atoms with Gasteiger partial charge in [-0.2, -0.15) is 0 Å². The summed E-state index contributed by atoms with van der Waals surface area (Å²) in [6.45, 7) is 0.810. The molecular formula is C7H7BrF2N2. The molecule has 2 N–H and O–H groups in total. The zero-order valence-corrected chi connectivity index (χ0v) is 7.90. The maximum atomic E-state index is 12.7. The molecule has 1 rings (SSSR count). The molecule has 5 heteroatoms. The summed E-state index contributed by atoms with van der Waals surface area (Å²) in [5.74, 6) is -2.67. The quantitative estimate of drug-likeness (QED) is 0.762. The highest BCUT2D eigenvalue weighted by Gasteiger charge is 2.27. The van der Waals surface area contributed by atoms with Crippen LogP contribution >= 0.6 is 15.9 Å². The fourth-order valence-corrected chi connectivity index (χ4v) is 1.46. The van der Waals surface area contributed by atoms with Crippen LogP contribution in [0.15, 0.2) is 16.7 Å². The monoisotopic (exact) mass is 236 g/mol. The van der Waals surface area contributed by atoms with Crippen molar-refractivity contribution >= 4 is 21.7 Å². The van der Waals surface area contributed by atoms with Crippen LogP contribution in [0.1, 0.15) is 12.5 Å². The summed E-state index contributed by atoms with van der Waals surface area (Å²) in [4.78, 5) is 3.65. The van der Waals surface area contributed by atoms with E-state index in [1.165, 1.54) is 12.1 Å². The second-order valence-electron chi connectivity index (χ2n) is 2.46. The minimum absolute atomic E-state index is 0.0926. The van der Waals surface area contributed by atoms with Crippen molar-refractivity contribution in [2.24, 2.45) is 0 Å². The third kappa shape index (κ3) is 1.91. The number of nitrogens with zero attached hydrogens (tertiary/aromatic N) is 1. The normalized spacial score (nSPS) is 11.7. The van der Waals surface area contributed by atoms with Gasteiger partial charge in [-0.25, -0.2) is 13.8 Å². The molecule has 0 aliphatic rings. The van der Waals surface area contributed by atoms with Crippen LogP contribution in [0.4, 0.5) is 14.6 Å². The predicted octanol–water partition coefficient (Wildman–Crippen LogP) is 2.54. The van der Waals surface area contributed by atoms with E-state index in [1.807, 2.05) is 0 Å². The Kier molecular flexibility index (Phi) is 2.32. The molecule has 12 heavy (non-hydrogen) atoms. The summed E-state index contributed by atoms with van der Waals surface area (Å²) >= 11 is 2.91. The topological polar surface area (TPSA) is 38.9 Å². The van der Waals surface area contributed by atoms with Crippen molar-refractivity contribution in [2.45, 2.75) is 12.8 Å². The molecule has 0 aliphatic heterocycles. The third-order valence-corrected chi connectivity index (χ3v) is 1.95. The maximum Gasteiger partial charge on any atom is 0.273 e. The lowest BCUT2D eigenvalue weighted by molar-refractivity contribution is 0.0163. The smallest absolute Gasteiger partial charge is 0.273 e. The van der Waals surface area contributed by atoms with E-state index < -0.39 is 5.92 Å². The molecule has 0 saturated carbocycles. The second-order valence-corrected chi connectivity index (χ2v) is 3.21. The lowest BCUT2D eigenvalue weighted by Gasteiger charge is -2.11. The Morgan fingerprint density at radius 1 is 1.50 bits per heavy atom. The summed E-state index contributed by atoms with van der Waals surface area (Å²) in [6, 6.07) is 2.60. The summed E-state index contributed by atoms with van der Waals surface area (Å²) in [6.07, 6.45) is 0. The Hall–Kier alpha value is -0.710. The first-order valence-electron chi connectivity index (χ1n) is 3.21. The van der Waals surface area contributed by atoms with E-state index in [0.29, 0.717) is 0 Å². The number of aromatic nitrogens is 1. The average Bonchev–Trinajstić information content (AvgIpc) is 1.83. The van der Waals surface area contributed by atoms with Gasteiger partial charge < -0.3 is 5.73 Å². The largest absolute Gasteiger partial charge is 0.384 e. The maximum absolute atomic E-state index is 12.7. The molecule has 0 atom stereocenters. The lowest BCUT2D eigenvalue weighted by Crippen LogP contribution is -2.09. The van der Waals surface area contributed by atoms with Gasteiger partial charge in [0, 0.05) is 6.92 Å². The van der Waals surface area contributed by atoms with E-state index >= 15 is 0 Å². The van der Waals surface area contributed by atoms with Gasteiger partial charge in [-0.3, -0.25) is 0 Å². The van der Waals surface area contributed by atoms with Crippen molar-refractivity contribution in [3.63, 3.8) is 0 Å². The molecule has 0 amide bonds. The van der Waals surface area contributed by atoms with Crippen LogP contribution in [0.25, 0.3) is 0 Å². The Morgan fingerprint density at radius 2 is 2.08 bits per heavy atom. The molecule has 2 nitrogen and oxygen atoms in total. The van der Waals surface area contributed by atoms with Crippen LogP contribution < -0.4 is 5.73 Å². The predicted molar refractivity (Wildman–Crippen MR) is 45.9 cm³/mol. The van der Waals surface area contributed by atoms with E-state index in [1.54, 1.807) is 0 Å². The van der Waals surface area contributed by atoms with Crippen molar-refractivity contribution < 1.29 is 8.78 Å². The Morgan fingerprint density at radius 3 is 2.50 bits per heavy atom. The first-order chi connectivity index (χ1) is 5.41. The molecule has 0 fully saturated rings. The van der Waals surface area contributed by atoms with Gasteiger partial charge in [0.2, 0.25) is 0 Å². The Bertz CT molecular complexity index is 296. The van der Waals surface area contributed by atoms with Crippen LogP contribution in [0.5, 0.6) is 0 Å². The molecule has 1 heterocycles. The SMILES string of the molecule is CC(F)(F)c1ccc(N)nc1Br. The van der Waals surface area contributed by atoms with E-state index in [9.17, 15) is 8.78 Å². The fourth-order valence-electron chi connectivity index (χ4n) is 0.776. The number of nitrogens with two attached hydrogens (primary N) is 1. The van der Waals surface area contributed by atoms with Crippen molar-refractivity contribution in [2.75, 3.05) is 5.73 Å². The zero-order chi connectivity index (χ0) is 9.35. The number of hydrogen-bond acceptors (Lipinski definition) is 2. The first kappa shape index (κ1) is 9.38. The van der Waals surface area contributed by atoms with Crippen LogP contribution in [-0.4, -0.2) is 4.98 Å². The van der Waals surface area contributed by atoms with E-state index in [4.69, 9.17) is 5.73 Å². The van der Waals surface area contributed by atoms with Gasteiger partial charge in [-0.1, -0.05) is 0 Å². The van der Waals surface area contributed by atoms with Crippen molar-refractivity contribution in [3.8, 4) is 0 Å². The van der Waals surface area contributed by atoms with Gasteiger partial charge >= 0.3 is 0 Å². The summed E-state index contributed by atoms with van der Waals surface area (Å²) in [7, 11) is 0. The average molecular weight is 237 g/mol. The molecule has 66 valence electrons. The van der Waals surface area contributed by atoms with Crippen LogP contribution in [-0.2, 0) is 5.92 Å². The number of anilines is 1. The minimum Gasteiger partial charge on any atom is -0.384 e. The van der Waals surface area contributed by atoms with Crippen molar-refractivity contribution in [1.29, 1.82) is 0 Å². The lowest BCUT2D eigenvalue weighted by atomic mass is 10.2.